The second-order valence-electron chi connectivity index (χ2n) is 10.6. The van der Waals surface area contributed by atoms with Crippen LogP contribution in [0.1, 0.15) is 62.6 Å². The van der Waals surface area contributed by atoms with Crippen molar-refractivity contribution in [3.05, 3.63) is 82.8 Å². The van der Waals surface area contributed by atoms with Crippen molar-refractivity contribution < 1.29 is 33.3 Å². The Hall–Kier alpha value is -4.20. The molecule has 3 heterocycles. The van der Waals surface area contributed by atoms with Crippen LogP contribution < -0.4 is 14.2 Å². The van der Waals surface area contributed by atoms with Crippen LogP contribution in [-0.2, 0) is 22.6 Å². The molecule has 3 aromatic rings. The summed E-state index contributed by atoms with van der Waals surface area (Å²) in [7, 11) is 0. The number of nitrogens with zero attached hydrogens (tertiary/aromatic N) is 1. The fourth-order valence-corrected chi connectivity index (χ4v) is 5.17. The lowest BCUT2D eigenvalue weighted by Gasteiger charge is -2.25. The van der Waals surface area contributed by atoms with Gasteiger partial charge in [0.1, 0.15) is 23.4 Å². The number of hydrogen-bond acceptors (Lipinski definition) is 7. The summed E-state index contributed by atoms with van der Waals surface area (Å²) in [6.07, 6.45) is 3.14. The van der Waals surface area contributed by atoms with Crippen LogP contribution in [0.5, 0.6) is 17.2 Å². The fourth-order valence-electron chi connectivity index (χ4n) is 5.17. The zero-order chi connectivity index (χ0) is 28.4. The lowest BCUT2D eigenvalue weighted by atomic mass is 9.94. The normalized spacial score (nSPS) is 19.7. The number of fused-ring (bicyclic) bond motifs is 1. The molecule has 2 aliphatic heterocycles. The van der Waals surface area contributed by atoms with Gasteiger partial charge in [-0.1, -0.05) is 19.9 Å². The number of hydrogen-bond donors (Lipinski definition) is 1. The van der Waals surface area contributed by atoms with Crippen LogP contribution in [0, 0.1) is 5.92 Å². The number of amides is 1. The molecule has 0 saturated carbocycles. The highest BCUT2D eigenvalue weighted by Gasteiger charge is 2.46. The van der Waals surface area contributed by atoms with E-state index in [-0.39, 0.29) is 24.0 Å². The lowest BCUT2D eigenvalue weighted by molar-refractivity contribution is -0.140. The summed E-state index contributed by atoms with van der Waals surface area (Å²) in [6, 6.07) is 13.3. The molecule has 0 radical (unpaired) electrons. The Bertz CT molecular complexity index is 1420. The number of benzene rings is 2. The van der Waals surface area contributed by atoms with Crippen LogP contribution in [-0.4, -0.2) is 41.0 Å². The summed E-state index contributed by atoms with van der Waals surface area (Å²) in [5.74, 6) is 1.17. The Kier molecular flexibility index (Phi) is 7.87. The molecule has 5 rings (SSSR count). The molecule has 8 heteroatoms. The van der Waals surface area contributed by atoms with Gasteiger partial charge in [0, 0.05) is 12.0 Å². The van der Waals surface area contributed by atoms with Gasteiger partial charge in [-0.2, -0.15) is 0 Å². The van der Waals surface area contributed by atoms with Crippen molar-refractivity contribution in [3.63, 3.8) is 0 Å². The quantitative estimate of drug-likeness (QED) is 0.188. The molecule has 2 atom stereocenters. The predicted molar refractivity (Wildman–Crippen MR) is 149 cm³/mol. The SMILES string of the molecule is CCOc1cc(C2/C(=C(\O)c3ccc4c(c3)CC(C)O4)C(=O)C(=O)N2Cc2ccco2)ccc1OCCC(C)C. The van der Waals surface area contributed by atoms with Gasteiger partial charge < -0.3 is 28.6 Å². The number of ether oxygens (including phenoxy) is 3. The van der Waals surface area contributed by atoms with E-state index in [2.05, 4.69) is 13.8 Å². The van der Waals surface area contributed by atoms with Crippen molar-refractivity contribution in [1.29, 1.82) is 0 Å². The van der Waals surface area contributed by atoms with Crippen LogP contribution in [0.4, 0.5) is 0 Å². The molecular weight excluding hydrogens is 510 g/mol. The van der Waals surface area contributed by atoms with E-state index in [0.29, 0.717) is 53.9 Å². The van der Waals surface area contributed by atoms with Gasteiger partial charge in [-0.3, -0.25) is 9.59 Å². The summed E-state index contributed by atoms with van der Waals surface area (Å²) in [5.41, 5.74) is 2.03. The van der Waals surface area contributed by atoms with E-state index < -0.39 is 17.7 Å². The molecule has 2 unspecified atom stereocenters. The minimum Gasteiger partial charge on any atom is -0.507 e. The van der Waals surface area contributed by atoms with E-state index >= 15 is 0 Å². The van der Waals surface area contributed by atoms with Crippen LogP contribution in [0.15, 0.2) is 64.8 Å². The number of Topliss-reactive ketones (excluding diaryl/α,β-unsaturated/α-hetero) is 1. The third kappa shape index (κ3) is 5.43. The standard InChI is InChI=1S/C32H35NO7/c1-5-37-27-17-21(8-11-26(27)39-14-12-19(2)3)29-28(31(35)32(36)33(29)18-24-7-6-13-38-24)30(34)22-9-10-25-23(16-22)15-20(4)40-25/h6-11,13,16-17,19-20,29,34H,5,12,14-15,18H2,1-4H3/b30-28+. The van der Waals surface area contributed by atoms with Crippen molar-refractivity contribution in [3.8, 4) is 17.2 Å². The van der Waals surface area contributed by atoms with Crippen molar-refractivity contribution in [2.75, 3.05) is 13.2 Å². The number of furan rings is 1. The zero-order valence-corrected chi connectivity index (χ0v) is 23.3. The van der Waals surface area contributed by atoms with Gasteiger partial charge in [-0.15, -0.1) is 0 Å². The summed E-state index contributed by atoms with van der Waals surface area (Å²) >= 11 is 0. The summed E-state index contributed by atoms with van der Waals surface area (Å²) < 4.78 is 23.2. The second kappa shape index (κ2) is 11.5. The molecule has 0 bridgehead atoms. The summed E-state index contributed by atoms with van der Waals surface area (Å²) in [6.45, 7) is 9.13. The minimum absolute atomic E-state index is 0.0133. The first-order valence-corrected chi connectivity index (χ1v) is 13.8. The number of carbonyl (C=O) groups excluding carboxylic acids is 2. The Morgan fingerprint density at radius 2 is 1.93 bits per heavy atom. The Balaban J connectivity index is 1.59. The highest BCUT2D eigenvalue weighted by molar-refractivity contribution is 6.46. The van der Waals surface area contributed by atoms with Crippen molar-refractivity contribution >= 4 is 17.4 Å². The maximum atomic E-state index is 13.5. The van der Waals surface area contributed by atoms with Crippen LogP contribution in [0.3, 0.4) is 0 Å². The van der Waals surface area contributed by atoms with Gasteiger partial charge in [0.25, 0.3) is 11.7 Å². The molecular formula is C32H35NO7. The van der Waals surface area contributed by atoms with E-state index in [9.17, 15) is 14.7 Å². The van der Waals surface area contributed by atoms with Gasteiger partial charge in [0.2, 0.25) is 0 Å². The molecule has 210 valence electrons. The Labute approximate surface area is 234 Å². The minimum atomic E-state index is -0.863. The molecule has 1 amide bonds. The molecule has 1 fully saturated rings. The van der Waals surface area contributed by atoms with Crippen LogP contribution in [0.25, 0.3) is 5.76 Å². The lowest BCUT2D eigenvalue weighted by Crippen LogP contribution is -2.29. The Morgan fingerprint density at radius 3 is 2.65 bits per heavy atom. The number of rotatable bonds is 10. The average Bonchev–Trinajstić information content (AvgIpc) is 3.63. The molecule has 2 aliphatic rings. The topological polar surface area (TPSA) is 98.4 Å². The molecule has 0 aliphatic carbocycles. The predicted octanol–water partition coefficient (Wildman–Crippen LogP) is 6.05. The molecule has 8 nitrogen and oxygen atoms in total. The fraction of sp³-hybridized carbons (Fsp3) is 0.375. The van der Waals surface area contributed by atoms with E-state index in [4.69, 9.17) is 18.6 Å². The first kappa shape index (κ1) is 27.4. The van der Waals surface area contributed by atoms with Crippen molar-refractivity contribution in [2.24, 2.45) is 5.92 Å². The average molecular weight is 546 g/mol. The van der Waals surface area contributed by atoms with Crippen LogP contribution in [0.2, 0.25) is 0 Å². The van der Waals surface area contributed by atoms with Gasteiger partial charge in [-0.05, 0) is 79.8 Å². The monoisotopic (exact) mass is 545 g/mol. The third-order valence-corrected chi connectivity index (χ3v) is 7.15. The molecule has 1 saturated heterocycles. The number of ketones is 1. The van der Waals surface area contributed by atoms with E-state index in [1.165, 1.54) is 11.2 Å². The maximum Gasteiger partial charge on any atom is 0.296 e. The Morgan fingerprint density at radius 1 is 1.10 bits per heavy atom. The molecule has 1 N–H and O–H groups in total. The van der Waals surface area contributed by atoms with Crippen molar-refractivity contribution in [1.82, 2.24) is 4.90 Å². The molecule has 40 heavy (non-hydrogen) atoms. The van der Waals surface area contributed by atoms with E-state index in [1.807, 2.05) is 26.0 Å². The molecule has 0 spiro atoms. The maximum absolute atomic E-state index is 13.5. The highest BCUT2D eigenvalue weighted by Crippen LogP contribution is 2.43. The van der Waals surface area contributed by atoms with Crippen molar-refractivity contribution in [2.45, 2.75) is 59.2 Å². The number of aliphatic hydroxyl groups is 1. The van der Waals surface area contributed by atoms with Gasteiger partial charge in [0.05, 0.1) is 37.6 Å². The van der Waals surface area contributed by atoms with E-state index in [0.717, 1.165) is 17.7 Å². The number of carbonyl (C=O) groups is 2. The highest BCUT2D eigenvalue weighted by atomic mass is 16.5. The van der Waals surface area contributed by atoms with Gasteiger partial charge in [-0.25, -0.2) is 0 Å². The molecule has 1 aromatic heterocycles. The zero-order valence-electron chi connectivity index (χ0n) is 23.3. The third-order valence-electron chi connectivity index (χ3n) is 7.15. The van der Waals surface area contributed by atoms with Gasteiger partial charge in [0.15, 0.2) is 11.5 Å². The largest absolute Gasteiger partial charge is 0.507 e. The first-order chi connectivity index (χ1) is 19.3. The van der Waals surface area contributed by atoms with Crippen LogP contribution >= 0.6 is 0 Å². The summed E-state index contributed by atoms with van der Waals surface area (Å²) in [4.78, 5) is 28.3. The smallest absolute Gasteiger partial charge is 0.296 e. The second-order valence-corrected chi connectivity index (χ2v) is 10.6. The number of likely N-dealkylation sites (tertiary alicyclic amines) is 1. The van der Waals surface area contributed by atoms with Gasteiger partial charge >= 0.3 is 0 Å². The number of aliphatic hydroxyl groups excluding tert-OH is 1. The first-order valence-electron chi connectivity index (χ1n) is 13.8. The molecule has 2 aromatic carbocycles. The van der Waals surface area contributed by atoms with E-state index in [1.54, 1.807) is 36.4 Å². The summed E-state index contributed by atoms with van der Waals surface area (Å²) in [5, 5.41) is 11.5.